The average molecular weight is 378 g/mol. The number of Topliss-reactive ketones (excluding diaryl/α,β-unsaturated/α-hetero) is 1. The van der Waals surface area contributed by atoms with Crippen LogP contribution in [0.3, 0.4) is 0 Å². The van der Waals surface area contributed by atoms with Crippen LogP contribution < -0.4 is 14.8 Å². The van der Waals surface area contributed by atoms with Crippen molar-refractivity contribution < 1.29 is 19.1 Å². The highest BCUT2D eigenvalue weighted by molar-refractivity contribution is 6.18. The summed E-state index contributed by atoms with van der Waals surface area (Å²) >= 11 is 0. The molecule has 3 aromatic rings. The Balaban J connectivity index is 1.89. The fourth-order valence-electron chi connectivity index (χ4n) is 2.82. The minimum absolute atomic E-state index is 0.0489. The second-order valence-corrected chi connectivity index (χ2v) is 6.00. The van der Waals surface area contributed by atoms with Crippen molar-refractivity contribution in [3.05, 3.63) is 48.2 Å². The van der Waals surface area contributed by atoms with E-state index in [1.54, 1.807) is 55.6 Å². The van der Waals surface area contributed by atoms with Crippen molar-refractivity contribution in [1.29, 1.82) is 5.26 Å². The molecule has 0 bridgehead atoms. The van der Waals surface area contributed by atoms with Gasteiger partial charge in [0, 0.05) is 18.1 Å². The quantitative estimate of drug-likeness (QED) is 0.522. The molecule has 0 spiro atoms. The average Bonchev–Trinajstić information content (AvgIpc) is 3.05. The number of nitriles is 1. The number of hydrogen-bond acceptors (Lipinski definition) is 6. The number of methoxy groups -OCH3 is 2. The van der Waals surface area contributed by atoms with Crippen molar-refractivity contribution in [1.82, 2.24) is 9.78 Å². The van der Waals surface area contributed by atoms with Gasteiger partial charge in [-0.3, -0.25) is 14.3 Å². The number of hydrogen-bond donors (Lipinski definition) is 1. The second-order valence-electron chi connectivity index (χ2n) is 6.00. The van der Waals surface area contributed by atoms with Crippen LogP contribution in [-0.4, -0.2) is 35.7 Å². The summed E-state index contributed by atoms with van der Waals surface area (Å²) in [5, 5.41) is 16.8. The van der Waals surface area contributed by atoms with E-state index in [1.807, 2.05) is 0 Å². The monoisotopic (exact) mass is 378 g/mol. The van der Waals surface area contributed by atoms with Crippen molar-refractivity contribution in [2.24, 2.45) is 13.0 Å². The smallest absolute Gasteiger partial charge is 0.249 e. The number of rotatable bonds is 6. The summed E-state index contributed by atoms with van der Waals surface area (Å²) in [6, 6.07) is 13.5. The third kappa shape index (κ3) is 3.50. The molecule has 0 saturated heterocycles. The third-order valence-electron chi connectivity index (χ3n) is 4.30. The standard InChI is InChI=1S/C20H18N4O4/c1-24-17-9-8-14(28-3)10-15(17)18(23-24)19(25)16(11-21)20(26)22-12-4-6-13(27-2)7-5-12/h4-10,16H,1-3H3,(H,22,26). The SMILES string of the molecule is COc1ccc(NC(=O)C(C#N)C(=O)c2nn(C)c3ccc(OC)cc23)cc1. The van der Waals surface area contributed by atoms with E-state index in [-0.39, 0.29) is 5.69 Å². The Hall–Kier alpha value is -3.86. The molecule has 3 rings (SSSR count). The predicted octanol–water partition coefficient (Wildman–Crippen LogP) is 2.55. The molecule has 0 saturated carbocycles. The highest BCUT2D eigenvalue weighted by Gasteiger charge is 2.31. The van der Waals surface area contributed by atoms with E-state index < -0.39 is 17.6 Å². The van der Waals surface area contributed by atoms with Crippen molar-refractivity contribution >= 4 is 28.3 Å². The number of aromatic nitrogens is 2. The number of fused-ring (bicyclic) bond motifs is 1. The van der Waals surface area contributed by atoms with Gasteiger partial charge in [0.05, 0.1) is 25.8 Å². The maximum atomic E-state index is 12.9. The van der Waals surface area contributed by atoms with Gasteiger partial charge in [-0.15, -0.1) is 0 Å². The number of carbonyl (C=O) groups excluding carboxylic acids is 2. The maximum Gasteiger partial charge on any atom is 0.249 e. The van der Waals surface area contributed by atoms with E-state index in [4.69, 9.17) is 9.47 Å². The van der Waals surface area contributed by atoms with Crippen molar-refractivity contribution in [3.8, 4) is 17.6 Å². The molecule has 0 aliphatic heterocycles. The molecule has 8 heteroatoms. The number of aryl methyl sites for hydroxylation is 1. The summed E-state index contributed by atoms with van der Waals surface area (Å²) in [5.74, 6) is -1.76. The number of benzene rings is 2. The Kier molecular flexibility index (Phi) is 5.27. The number of carbonyl (C=O) groups is 2. The summed E-state index contributed by atoms with van der Waals surface area (Å²) in [6.45, 7) is 0. The van der Waals surface area contributed by atoms with E-state index in [2.05, 4.69) is 10.4 Å². The maximum absolute atomic E-state index is 12.9. The van der Waals surface area contributed by atoms with Gasteiger partial charge in [-0.2, -0.15) is 10.4 Å². The van der Waals surface area contributed by atoms with Crippen LogP contribution in [0.15, 0.2) is 42.5 Å². The van der Waals surface area contributed by atoms with Gasteiger partial charge in [-0.05, 0) is 42.5 Å². The predicted molar refractivity (Wildman–Crippen MR) is 102 cm³/mol. The van der Waals surface area contributed by atoms with Crippen molar-refractivity contribution in [3.63, 3.8) is 0 Å². The highest BCUT2D eigenvalue weighted by atomic mass is 16.5. The number of anilines is 1. The Bertz CT molecular complexity index is 1080. The molecule has 28 heavy (non-hydrogen) atoms. The molecule has 1 aromatic heterocycles. The number of ether oxygens (including phenoxy) is 2. The summed E-state index contributed by atoms with van der Waals surface area (Å²) in [5.41, 5.74) is 1.19. The first kappa shape index (κ1) is 18.9. The van der Waals surface area contributed by atoms with Gasteiger partial charge in [0.1, 0.15) is 17.2 Å². The molecule has 0 radical (unpaired) electrons. The first-order chi connectivity index (χ1) is 13.5. The van der Waals surface area contributed by atoms with Gasteiger partial charge in [0.15, 0.2) is 5.92 Å². The van der Waals surface area contributed by atoms with Gasteiger partial charge in [-0.1, -0.05) is 0 Å². The van der Waals surface area contributed by atoms with Crippen LogP contribution in [0.2, 0.25) is 0 Å². The molecule has 1 amide bonds. The number of amides is 1. The Morgan fingerprint density at radius 2 is 1.75 bits per heavy atom. The van der Waals surface area contributed by atoms with Gasteiger partial charge in [-0.25, -0.2) is 0 Å². The molecule has 8 nitrogen and oxygen atoms in total. The number of ketones is 1. The molecule has 1 atom stereocenters. The van der Waals surface area contributed by atoms with E-state index in [1.165, 1.54) is 18.9 Å². The van der Waals surface area contributed by atoms with Crippen LogP contribution in [0.25, 0.3) is 10.9 Å². The van der Waals surface area contributed by atoms with Crippen LogP contribution in [0.5, 0.6) is 11.5 Å². The zero-order chi connectivity index (χ0) is 20.3. The summed E-state index contributed by atoms with van der Waals surface area (Å²) in [7, 11) is 4.73. The van der Waals surface area contributed by atoms with Gasteiger partial charge in [0.25, 0.3) is 0 Å². The molecule has 1 heterocycles. The van der Waals surface area contributed by atoms with Crippen molar-refractivity contribution in [2.75, 3.05) is 19.5 Å². The minimum Gasteiger partial charge on any atom is -0.497 e. The Morgan fingerprint density at radius 1 is 1.11 bits per heavy atom. The second kappa shape index (κ2) is 7.80. The number of nitrogens with zero attached hydrogens (tertiary/aromatic N) is 3. The molecule has 0 aliphatic carbocycles. The van der Waals surface area contributed by atoms with E-state index >= 15 is 0 Å². The summed E-state index contributed by atoms with van der Waals surface area (Å²) in [6.07, 6.45) is 0. The third-order valence-corrected chi connectivity index (χ3v) is 4.30. The van der Waals surface area contributed by atoms with Gasteiger partial charge in [0.2, 0.25) is 11.7 Å². The van der Waals surface area contributed by atoms with Gasteiger partial charge >= 0.3 is 0 Å². The summed E-state index contributed by atoms with van der Waals surface area (Å²) < 4.78 is 11.8. The van der Waals surface area contributed by atoms with Crippen LogP contribution in [-0.2, 0) is 11.8 Å². The summed E-state index contributed by atoms with van der Waals surface area (Å²) in [4.78, 5) is 25.4. The van der Waals surface area contributed by atoms with E-state index in [0.29, 0.717) is 28.1 Å². The molecule has 1 unspecified atom stereocenters. The van der Waals surface area contributed by atoms with E-state index in [0.717, 1.165) is 0 Å². The molecular formula is C20H18N4O4. The van der Waals surface area contributed by atoms with Crippen LogP contribution >= 0.6 is 0 Å². The lowest BCUT2D eigenvalue weighted by molar-refractivity contribution is -0.117. The largest absolute Gasteiger partial charge is 0.497 e. The zero-order valence-corrected chi connectivity index (χ0v) is 15.6. The normalized spacial score (nSPS) is 11.5. The molecule has 142 valence electrons. The molecule has 0 fully saturated rings. The Morgan fingerprint density at radius 3 is 2.36 bits per heavy atom. The molecule has 1 N–H and O–H groups in total. The topological polar surface area (TPSA) is 106 Å². The Labute approximate surface area is 161 Å². The van der Waals surface area contributed by atoms with Crippen LogP contribution in [0, 0.1) is 17.2 Å². The highest BCUT2D eigenvalue weighted by Crippen LogP contribution is 2.25. The molecule has 0 aliphatic rings. The first-order valence-electron chi connectivity index (χ1n) is 8.38. The van der Waals surface area contributed by atoms with Crippen LogP contribution in [0.4, 0.5) is 5.69 Å². The van der Waals surface area contributed by atoms with Crippen molar-refractivity contribution in [2.45, 2.75) is 0 Å². The zero-order valence-electron chi connectivity index (χ0n) is 15.6. The van der Waals surface area contributed by atoms with Gasteiger partial charge < -0.3 is 14.8 Å². The van der Waals surface area contributed by atoms with E-state index in [9.17, 15) is 14.9 Å². The first-order valence-corrected chi connectivity index (χ1v) is 8.38. The number of nitrogens with one attached hydrogen (secondary N) is 1. The fraction of sp³-hybridized carbons (Fsp3) is 0.200. The minimum atomic E-state index is -1.54. The lowest BCUT2D eigenvalue weighted by atomic mass is 9.99. The lowest BCUT2D eigenvalue weighted by Gasteiger charge is -2.09. The fourth-order valence-corrected chi connectivity index (χ4v) is 2.82. The lowest BCUT2D eigenvalue weighted by Crippen LogP contribution is -2.29. The molecule has 2 aromatic carbocycles. The van der Waals surface area contributed by atoms with Crippen LogP contribution in [0.1, 0.15) is 10.5 Å². The molecular weight excluding hydrogens is 360 g/mol.